The fraction of sp³-hybridized carbons (Fsp3) is 0.294. The van der Waals surface area contributed by atoms with E-state index in [2.05, 4.69) is 33.5 Å². The quantitative estimate of drug-likeness (QED) is 0.754. The number of hydrogen-bond acceptors (Lipinski definition) is 6. The van der Waals surface area contributed by atoms with Crippen LogP contribution in [0.2, 0.25) is 0 Å². The molecule has 3 aromatic rings. The van der Waals surface area contributed by atoms with Crippen LogP contribution in [0.4, 0.5) is 5.82 Å². The van der Waals surface area contributed by atoms with Gasteiger partial charge in [-0.1, -0.05) is 30.3 Å². The lowest BCUT2D eigenvalue weighted by Gasteiger charge is -2.39. The Labute approximate surface area is 138 Å². The van der Waals surface area contributed by atoms with Gasteiger partial charge in [0.25, 0.3) is 0 Å². The summed E-state index contributed by atoms with van der Waals surface area (Å²) in [5, 5.41) is 13.9. The lowest BCUT2D eigenvalue weighted by molar-refractivity contribution is -0.128. The van der Waals surface area contributed by atoms with E-state index in [1.54, 1.807) is 17.7 Å². The van der Waals surface area contributed by atoms with Crippen LogP contribution in [-0.4, -0.2) is 41.4 Å². The monoisotopic (exact) mass is 327 g/mol. The van der Waals surface area contributed by atoms with E-state index in [1.807, 2.05) is 18.2 Å². The maximum absolute atomic E-state index is 9.53. The van der Waals surface area contributed by atoms with Crippen molar-refractivity contribution in [2.75, 3.05) is 31.7 Å². The number of thiophene rings is 1. The van der Waals surface area contributed by atoms with Gasteiger partial charge >= 0.3 is 0 Å². The number of nitrogens with one attached hydrogen (secondary N) is 1. The average molecular weight is 327 g/mol. The SMILES string of the molecule is OCC1(CNc2ncnc3sc(-c4ccccc4)cc23)COC1. The minimum atomic E-state index is -0.185. The molecule has 1 aliphatic heterocycles. The summed E-state index contributed by atoms with van der Waals surface area (Å²) < 4.78 is 5.24. The number of ether oxygens (including phenoxy) is 1. The number of nitrogens with zero attached hydrogens (tertiary/aromatic N) is 2. The molecule has 1 fully saturated rings. The highest BCUT2D eigenvalue weighted by atomic mass is 32.1. The topological polar surface area (TPSA) is 67.3 Å². The van der Waals surface area contributed by atoms with Gasteiger partial charge in [0.2, 0.25) is 0 Å². The number of anilines is 1. The van der Waals surface area contributed by atoms with Gasteiger partial charge in [-0.3, -0.25) is 0 Å². The minimum Gasteiger partial charge on any atom is -0.396 e. The van der Waals surface area contributed by atoms with E-state index >= 15 is 0 Å². The van der Waals surface area contributed by atoms with Gasteiger partial charge in [0.15, 0.2) is 0 Å². The van der Waals surface area contributed by atoms with Gasteiger partial charge in [-0.15, -0.1) is 11.3 Å². The molecule has 0 radical (unpaired) electrons. The molecule has 0 aliphatic carbocycles. The molecule has 2 N–H and O–H groups in total. The molecule has 0 bridgehead atoms. The van der Waals surface area contributed by atoms with Gasteiger partial charge in [0.05, 0.1) is 30.6 Å². The normalized spacial score (nSPS) is 16.2. The number of fused-ring (bicyclic) bond motifs is 1. The van der Waals surface area contributed by atoms with Crippen LogP contribution in [0.5, 0.6) is 0 Å². The molecule has 0 saturated carbocycles. The van der Waals surface area contributed by atoms with Gasteiger partial charge < -0.3 is 15.2 Å². The Kier molecular flexibility index (Phi) is 3.72. The van der Waals surface area contributed by atoms with E-state index in [0.29, 0.717) is 19.8 Å². The first-order chi connectivity index (χ1) is 11.3. The second-order valence-electron chi connectivity index (χ2n) is 5.92. The Hall–Kier alpha value is -2.02. The van der Waals surface area contributed by atoms with Crippen molar-refractivity contribution < 1.29 is 9.84 Å². The maximum atomic E-state index is 9.53. The third-order valence-corrected chi connectivity index (χ3v) is 5.26. The van der Waals surface area contributed by atoms with Gasteiger partial charge in [0, 0.05) is 11.4 Å². The van der Waals surface area contributed by atoms with Crippen molar-refractivity contribution in [1.82, 2.24) is 9.97 Å². The zero-order chi connectivity index (χ0) is 15.7. The number of aromatic nitrogens is 2. The van der Waals surface area contributed by atoms with Crippen molar-refractivity contribution in [3.8, 4) is 10.4 Å². The van der Waals surface area contributed by atoms with E-state index in [1.165, 1.54) is 10.4 Å². The minimum absolute atomic E-state index is 0.118. The summed E-state index contributed by atoms with van der Waals surface area (Å²) in [6, 6.07) is 12.4. The highest BCUT2D eigenvalue weighted by Gasteiger charge is 2.38. The van der Waals surface area contributed by atoms with Crippen LogP contribution in [0.3, 0.4) is 0 Å². The first kappa shape index (κ1) is 14.6. The third-order valence-electron chi connectivity index (χ3n) is 4.17. The molecular weight excluding hydrogens is 310 g/mol. The van der Waals surface area contributed by atoms with Crippen LogP contribution in [0.15, 0.2) is 42.7 Å². The summed E-state index contributed by atoms with van der Waals surface area (Å²) in [5.74, 6) is 0.813. The number of aliphatic hydroxyl groups is 1. The molecule has 0 atom stereocenters. The van der Waals surface area contributed by atoms with Crippen LogP contribution in [-0.2, 0) is 4.74 Å². The number of hydrogen-bond donors (Lipinski definition) is 2. The standard InChI is InChI=1S/C17H17N3O2S/c21-8-17(9-22-10-17)7-18-15-13-6-14(12-4-2-1-3-5-12)23-16(13)20-11-19-15/h1-6,11,21H,7-10H2,(H,18,19,20). The summed E-state index contributed by atoms with van der Waals surface area (Å²) in [7, 11) is 0. The van der Waals surface area contributed by atoms with Crippen molar-refractivity contribution in [3.63, 3.8) is 0 Å². The average Bonchev–Trinajstić information content (AvgIpc) is 3.00. The Morgan fingerprint density at radius 2 is 2.04 bits per heavy atom. The Bertz CT molecular complexity index is 810. The molecular formula is C17H17N3O2S. The largest absolute Gasteiger partial charge is 0.396 e. The molecule has 6 heteroatoms. The van der Waals surface area contributed by atoms with E-state index in [0.717, 1.165) is 16.0 Å². The van der Waals surface area contributed by atoms with E-state index in [-0.39, 0.29) is 12.0 Å². The summed E-state index contributed by atoms with van der Waals surface area (Å²) >= 11 is 1.66. The van der Waals surface area contributed by atoms with E-state index in [9.17, 15) is 5.11 Å². The zero-order valence-electron chi connectivity index (χ0n) is 12.5. The molecule has 0 amide bonds. The maximum Gasteiger partial charge on any atom is 0.138 e. The predicted octanol–water partition coefficient (Wildman–Crippen LogP) is 2.78. The first-order valence-electron chi connectivity index (χ1n) is 7.52. The Morgan fingerprint density at radius 3 is 2.74 bits per heavy atom. The van der Waals surface area contributed by atoms with Crippen molar-refractivity contribution >= 4 is 27.4 Å². The molecule has 5 nitrogen and oxygen atoms in total. The predicted molar refractivity (Wildman–Crippen MR) is 91.7 cm³/mol. The summed E-state index contributed by atoms with van der Waals surface area (Å²) in [6.45, 7) is 1.94. The summed E-state index contributed by atoms with van der Waals surface area (Å²) in [4.78, 5) is 10.9. The molecule has 4 rings (SSSR count). The van der Waals surface area contributed by atoms with E-state index < -0.39 is 0 Å². The van der Waals surface area contributed by atoms with Crippen LogP contribution in [0.25, 0.3) is 20.7 Å². The number of benzene rings is 1. The van der Waals surface area contributed by atoms with Gasteiger partial charge in [-0.2, -0.15) is 0 Å². The summed E-state index contributed by atoms with van der Waals surface area (Å²) in [5.41, 5.74) is 0.996. The molecule has 0 spiro atoms. The van der Waals surface area contributed by atoms with Crippen LogP contribution in [0.1, 0.15) is 0 Å². The molecule has 1 aliphatic rings. The molecule has 23 heavy (non-hydrogen) atoms. The fourth-order valence-electron chi connectivity index (χ4n) is 2.65. The third kappa shape index (κ3) is 2.69. The zero-order valence-corrected chi connectivity index (χ0v) is 13.3. The molecule has 3 heterocycles. The van der Waals surface area contributed by atoms with Crippen LogP contribution < -0.4 is 5.32 Å². The van der Waals surface area contributed by atoms with Gasteiger partial charge in [0.1, 0.15) is 17.0 Å². The molecule has 1 aromatic carbocycles. The van der Waals surface area contributed by atoms with Crippen molar-refractivity contribution in [1.29, 1.82) is 0 Å². The first-order valence-corrected chi connectivity index (χ1v) is 8.34. The van der Waals surface area contributed by atoms with Gasteiger partial charge in [-0.05, 0) is 11.6 Å². The number of rotatable bonds is 5. The lowest BCUT2D eigenvalue weighted by atomic mass is 9.87. The molecule has 0 unspecified atom stereocenters. The Morgan fingerprint density at radius 1 is 1.22 bits per heavy atom. The van der Waals surface area contributed by atoms with E-state index in [4.69, 9.17) is 4.74 Å². The lowest BCUT2D eigenvalue weighted by Crippen LogP contribution is -2.50. The van der Waals surface area contributed by atoms with Crippen LogP contribution in [0, 0.1) is 5.41 Å². The second-order valence-corrected chi connectivity index (χ2v) is 6.95. The highest BCUT2D eigenvalue weighted by molar-refractivity contribution is 7.21. The van der Waals surface area contributed by atoms with Crippen molar-refractivity contribution in [2.24, 2.45) is 5.41 Å². The summed E-state index contributed by atoms with van der Waals surface area (Å²) in [6.07, 6.45) is 1.58. The highest BCUT2D eigenvalue weighted by Crippen LogP contribution is 2.35. The fourth-order valence-corrected chi connectivity index (χ4v) is 3.66. The smallest absolute Gasteiger partial charge is 0.138 e. The number of aliphatic hydroxyl groups excluding tert-OH is 1. The molecule has 1 saturated heterocycles. The molecule has 2 aromatic heterocycles. The Balaban J connectivity index is 1.64. The van der Waals surface area contributed by atoms with Gasteiger partial charge in [-0.25, -0.2) is 9.97 Å². The second kappa shape index (κ2) is 5.88. The van der Waals surface area contributed by atoms with Crippen molar-refractivity contribution in [2.45, 2.75) is 0 Å². The van der Waals surface area contributed by atoms with Crippen molar-refractivity contribution in [3.05, 3.63) is 42.7 Å². The molecule has 118 valence electrons. The van der Waals surface area contributed by atoms with Crippen LogP contribution >= 0.6 is 11.3 Å².